The molecular formula is C10H22N2O3. The van der Waals surface area contributed by atoms with E-state index in [1.54, 1.807) is 7.11 Å². The third kappa shape index (κ3) is 7.30. The summed E-state index contributed by atoms with van der Waals surface area (Å²) in [6, 6.07) is -0.00733. The molecule has 3 N–H and O–H groups in total. The molecule has 0 fully saturated rings. The maximum absolute atomic E-state index is 11.4. The van der Waals surface area contributed by atoms with Crippen LogP contribution < -0.4 is 11.1 Å². The van der Waals surface area contributed by atoms with Gasteiger partial charge >= 0.3 is 0 Å². The first-order valence-corrected chi connectivity index (χ1v) is 5.03. The smallest absolute Gasteiger partial charge is 0.246 e. The number of nitrogens with two attached hydrogens (primary N) is 1. The van der Waals surface area contributed by atoms with E-state index in [9.17, 15) is 4.79 Å². The first-order valence-electron chi connectivity index (χ1n) is 5.03. The lowest BCUT2D eigenvalue weighted by Crippen LogP contribution is -2.42. The summed E-state index contributed by atoms with van der Waals surface area (Å²) in [5.41, 5.74) is 5.01. The van der Waals surface area contributed by atoms with Gasteiger partial charge in [0, 0.05) is 19.7 Å². The molecular weight excluding hydrogens is 196 g/mol. The minimum Gasteiger partial charge on any atom is -0.383 e. The topological polar surface area (TPSA) is 73.6 Å². The predicted molar refractivity (Wildman–Crippen MR) is 58.6 cm³/mol. The summed E-state index contributed by atoms with van der Waals surface area (Å²) in [7, 11) is 1.59. The molecule has 0 saturated heterocycles. The van der Waals surface area contributed by atoms with E-state index < -0.39 is 5.60 Å². The van der Waals surface area contributed by atoms with Crippen molar-refractivity contribution < 1.29 is 14.3 Å². The molecule has 0 aromatic carbocycles. The molecule has 1 unspecified atom stereocenters. The number of ether oxygens (including phenoxy) is 2. The van der Waals surface area contributed by atoms with Crippen molar-refractivity contribution in [1.29, 1.82) is 0 Å². The predicted octanol–water partition coefficient (Wildman–Crippen LogP) is -0.109. The highest BCUT2D eigenvalue weighted by Crippen LogP contribution is 2.05. The maximum atomic E-state index is 11.4. The van der Waals surface area contributed by atoms with Crippen LogP contribution in [-0.4, -0.2) is 44.4 Å². The van der Waals surface area contributed by atoms with E-state index in [1.165, 1.54) is 0 Å². The van der Waals surface area contributed by atoms with Gasteiger partial charge in [0.1, 0.15) is 6.61 Å². The van der Waals surface area contributed by atoms with E-state index in [0.29, 0.717) is 13.2 Å². The molecule has 1 amide bonds. The summed E-state index contributed by atoms with van der Waals surface area (Å²) in [5, 5.41) is 2.75. The Balaban J connectivity index is 3.75. The van der Waals surface area contributed by atoms with Crippen LogP contribution >= 0.6 is 0 Å². The highest BCUT2D eigenvalue weighted by Gasteiger charge is 2.18. The van der Waals surface area contributed by atoms with Gasteiger partial charge in [0.25, 0.3) is 0 Å². The van der Waals surface area contributed by atoms with Crippen molar-refractivity contribution >= 4 is 5.91 Å². The van der Waals surface area contributed by atoms with Crippen LogP contribution in [0.4, 0.5) is 0 Å². The van der Waals surface area contributed by atoms with Crippen LogP contribution in [0, 0.1) is 0 Å². The van der Waals surface area contributed by atoms with Gasteiger partial charge in [-0.15, -0.1) is 0 Å². The molecule has 15 heavy (non-hydrogen) atoms. The fourth-order valence-corrected chi connectivity index (χ4v) is 0.928. The molecule has 0 bridgehead atoms. The van der Waals surface area contributed by atoms with Crippen molar-refractivity contribution in [3.8, 4) is 0 Å². The molecule has 0 aliphatic rings. The van der Waals surface area contributed by atoms with Gasteiger partial charge in [0.2, 0.25) is 5.91 Å². The minimum atomic E-state index is -0.457. The molecule has 0 aromatic rings. The summed E-state index contributed by atoms with van der Waals surface area (Å²) in [6.45, 7) is 6.46. The lowest BCUT2D eigenvalue weighted by atomic mass is 10.1. The fraction of sp³-hybridized carbons (Fsp3) is 0.900. The zero-order valence-corrected chi connectivity index (χ0v) is 10.0. The second-order valence-electron chi connectivity index (χ2n) is 4.18. The fourth-order valence-electron chi connectivity index (χ4n) is 0.928. The van der Waals surface area contributed by atoms with Gasteiger partial charge in [0.05, 0.1) is 12.2 Å². The van der Waals surface area contributed by atoms with E-state index in [4.69, 9.17) is 15.2 Å². The van der Waals surface area contributed by atoms with Gasteiger partial charge in [-0.05, 0) is 20.8 Å². The number of rotatable bonds is 7. The number of methoxy groups -OCH3 is 1. The quantitative estimate of drug-likeness (QED) is 0.625. The van der Waals surface area contributed by atoms with Crippen LogP contribution in [-0.2, 0) is 14.3 Å². The second kappa shape index (κ2) is 6.76. The Morgan fingerprint density at radius 1 is 1.53 bits per heavy atom. The SMILES string of the molecule is COCC(C)NC(=O)COC(C)(C)CN. The monoisotopic (exact) mass is 218 g/mol. The van der Waals surface area contributed by atoms with Crippen LogP contribution in [0.1, 0.15) is 20.8 Å². The molecule has 0 aromatic heterocycles. The molecule has 0 rings (SSSR count). The first kappa shape index (κ1) is 14.3. The molecule has 0 aliphatic carbocycles. The molecule has 0 radical (unpaired) electrons. The molecule has 5 nitrogen and oxygen atoms in total. The number of hydrogen-bond acceptors (Lipinski definition) is 4. The Bertz CT molecular complexity index is 195. The van der Waals surface area contributed by atoms with Gasteiger partial charge in [-0.3, -0.25) is 4.79 Å². The number of amides is 1. The normalized spacial score (nSPS) is 13.7. The van der Waals surface area contributed by atoms with E-state index >= 15 is 0 Å². The van der Waals surface area contributed by atoms with Gasteiger partial charge in [-0.1, -0.05) is 0 Å². The molecule has 0 heterocycles. The Morgan fingerprint density at radius 2 is 2.13 bits per heavy atom. The largest absolute Gasteiger partial charge is 0.383 e. The third-order valence-electron chi connectivity index (χ3n) is 1.91. The van der Waals surface area contributed by atoms with Gasteiger partial charge in [-0.2, -0.15) is 0 Å². The van der Waals surface area contributed by atoms with E-state index in [1.807, 2.05) is 20.8 Å². The average molecular weight is 218 g/mol. The van der Waals surface area contributed by atoms with Gasteiger partial charge < -0.3 is 20.5 Å². The highest BCUT2D eigenvalue weighted by atomic mass is 16.5. The minimum absolute atomic E-state index is 0.00733. The number of carbonyl (C=O) groups is 1. The van der Waals surface area contributed by atoms with Crippen LogP contribution in [0.3, 0.4) is 0 Å². The molecule has 0 spiro atoms. The number of hydrogen-bond donors (Lipinski definition) is 2. The second-order valence-corrected chi connectivity index (χ2v) is 4.18. The van der Waals surface area contributed by atoms with Crippen LogP contribution in [0.5, 0.6) is 0 Å². The lowest BCUT2D eigenvalue weighted by molar-refractivity contribution is -0.131. The zero-order valence-electron chi connectivity index (χ0n) is 10.0. The van der Waals surface area contributed by atoms with Crippen molar-refractivity contribution in [2.24, 2.45) is 5.73 Å². The van der Waals surface area contributed by atoms with Crippen molar-refractivity contribution in [3.63, 3.8) is 0 Å². The Kier molecular flexibility index (Phi) is 6.47. The Hall–Kier alpha value is -0.650. The molecule has 0 saturated carbocycles. The van der Waals surface area contributed by atoms with Crippen LogP contribution in [0.2, 0.25) is 0 Å². The van der Waals surface area contributed by atoms with E-state index in [-0.39, 0.29) is 18.6 Å². The molecule has 0 aliphatic heterocycles. The number of nitrogens with one attached hydrogen (secondary N) is 1. The van der Waals surface area contributed by atoms with Crippen molar-refractivity contribution in [2.75, 3.05) is 26.9 Å². The summed E-state index contributed by atoms with van der Waals surface area (Å²) >= 11 is 0. The summed E-state index contributed by atoms with van der Waals surface area (Å²) in [5.74, 6) is -0.152. The van der Waals surface area contributed by atoms with E-state index in [0.717, 1.165) is 0 Å². The van der Waals surface area contributed by atoms with Crippen LogP contribution in [0.15, 0.2) is 0 Å². The maximum Gasteiger partial charge on any atom is 0.246 e. The molecule has 90 valence electrons. The Morgan fingerprint density at radius 3 is 2.60 bits per heavy atom. The van der Waals surface area contributed by atoms with Crippen molar-refractivity contribution in [1.82, 2.24) is 5.32 Å². The first-order chi connectivity index (χ1) is 6.91. The highest BCUT2D eigenvalue weighted by molar-refractivity contribution is 5.77. The summed E-state index contributed by atoms with van der Waals surface area (Å²) in [6.07, 6.45) is 0. The van der Waals surface area contributed by atoms with Crippen molar-refractivity contribution in [2.45, 2.75) is 32.4 Å². The van der Waals surface area contributed by atoms with E-state index in [2.05, 4.69) is 5.32 Å². The summed E-state index contributed by atoms with van der Waals surface area (Å²) in [4.78, 5) is 11.4. The standard InChI is InChI=1S/C10H22N2O3/c1-8(5-14-4)12-9(13)6-15-10(2,3)7-11/h8H,5-7,11H2,1-4H3,(H,12,13). The third-order valence-corrected chi connectivity index (χ3v) is 1.91. The van der Waals surface area contributed by atoms with Gasteiger partial charge in [0.15, 0.2) is 0 Å². The lowest BCUT2D eigenvalue weighted by Gasteiger charge is -2.23. The number of carbonyl (C=O) groups excluding carboxylic acids is 1. The average Bonchev–Trinajstić information content (AvgIpc) is 2.15. The van der Waals surface area contributed by atoms with Crippen molar-refractivity contribution in [3.05, 3.63) is 0 Å². The zero-order chi connectivity index (χ0) is 11.9. The van der Waals surface area contributed by atoms with Gasteiger partial charge in [-0.25, -0.2) is 0 Å². The summed E-state index contributed by atoms with van der Waals surface area (Å²) < 4.78 is 10.2. The Labute approximate surface area is 91.3 Å². The molecule has 5 heteroatoms. The van der Waals surface area contributed by atoms with Crippen LogP contribution in [0.25, 0.3) is 0 Å². The molecule has 1 atom stereocenters.